The molecule has 1 aromatic rings. The summed E-state index contributed by atoms with van der Waals surface area (Å²) in [6.45, 7) is 4.59. The molecular formula is C11H14N2O4. The van der Waals surface area contributed by atoms with E-state index in [4.69, 9.17) is 5.11 Å². The van der Waals surface area contributed by atoms with Crippen LogP contribution in [0.3, 0.4) is 0 Å². The summed E-state index contributed by atoms with van der Waals surface area (Å²) in [6.07, 6.45) is 0. The molecule has 0 spiro atoms. The second-order valence-electron chi connectivity index (χ2n) is 4.28. The van der Waals surface area contributed by atoms with Crippen molar-refractivity contribution in [1.82, 2.24) is 0 Å². The number of aliphatic carboxylic acids is 1. The number of carboxylic acids is 1. The number of rotatable bonds is 4. The predicted octanol–water partition coefficient (Wildman–Crippen LogP) is 2.18. The summed E-state index contributed by atoms with van der Waals surface area (Å²) in [5.41, 5.74) is -0.519. The summed E-state index contributed by atoms with van der Waals surface area (Å²) in [6, 6.07) is 4.59. The van der Waals surface area contributed by atoms with Crippen molar-refractivity contribution in [2.75, 3.05) is 5.32 Å². The van der Waals surface area contributed by atoms with Gasteiger partial charge in [0.25, 0.3) is 5.69 Å². The molecule has 0 radical (unpaired) electrons. The van der Waals surface area contributed by atoms with Crippen molar-refractivity contribution in [3.8, 4) is 0 Å². The quantitative estimate of drug-likeness (QED) is 0.619. The van der Waals surface area contributed by atoms with E-state index in [-0.39, 0.29) is 11.4 Å². The number of nitrogens with one attached hydrogen (secondary N) is 1. The number of benzene rings is 1. The lowest BCUT2D eigenvalue weighted by Crippen LogP contribution is -2.40. The van der Waals surface area contributed by atoms with Crippen LogP contribution in [-0.2, 0) is 4.79 Å². The Kier molecular flexibility index (Phi) is 3.36. The number of hydrogen-bond acceptors (Lipinski definition) is 4. The smallest absolute Gasteiger partial charge is 0.328 e. The molecule has 0 amide bonds. The third-order valence-electron chi connectivity index (χ3n) is 2.42. The summed E-state index contributed by atoms with van der Waals surface area (Å²) < 4.78 is 0. The van der Waals surface area contributed by atoms with Crippen LogP contribution < -0.4 is 5.32 Å². The van der Waals surface area contributed by atoms with Crippen LogP contribution in [0.15, 0.2) is 18.2 Å². The van der Waals surface area contributed by atoms with Crippen LogP contribution in [0.25, 0.3) is 0 Å². The van der Waals surface area contributed by atoms with Crippen LogP contribution in [0.5, 0.6) is 0 Å². The van der Waals surface area contributed by atoms with Gasteiger partial charge in [-0.05, 0) is 26.3 Å². The van der Waals surface area contributed by atoms with Crippen LogP contribution in [0.2, 0.25) is 0 Å². The van der Waals surface area contributed by atoms with E-state index in [1.54, 1.807) is 19.1 Å². The van der Waals surface area contributed by atoms with Crippen molar-refractivity contribution in [2.24, 2.45) is 0 Å². The molecule has 0 aromatic heterocycles. The maximum absolute atomic E-state index is 11.0. The lowest BCUT2D eigenvalue weighted by molar-refractivity contribution is -0.384. The van der Waals surface area contributed by atoms with Crippen molar-refractivity contribution >= 4 is 17.3 Å². The molecule has 17 heavy (non-hydrogen) atoms. The second kappa shape index (κ2) is 4.40. The van der Waals surface area contributed by atoms with Gasteiger partial charge in [0.1, 0.15) is 11.2 Å². The summed E-state index contributed by atoms with van der Waals surface area (Å²) in [5, 5.41) is 22.5. The summed E-state index contributed by atoms with van der Waals surface area (Å²) in [4.78, 5) is 21.3. The fraction of sp³-hybridized carbons (Fsp3) is 0.364. The number of nitro groups is 1. The average molecular weight is 238 g/mol. The molecule has 6 nitrogen and oxygen atoms in total. The standard InChI is InChI=1S/C11H14N2O4/c1-7-5-4-6-8(13(16)17)9(7)12-11(2,3)10(14)15/h4-6,12H,1-3H3,(H,14,15). The van der Waals surface area contributed by atoms with Crippen LogP contribution in [0.1, 0.15) is 19.4 Å². The number of aryl methyl sites for hydroxylation is 1. The first kappa shape index (κ1) is 13.0. The molecule has 92 valence electrons. The van der Waals surface area contributed by atoms with E-state index in [2.05, 4.69) is 5.32 Å². The van der Waals surface area contributed by atoms with Gasteiger partial charge in [-0.2, -0.15) is 0 Å². The molecular weight excluding hydrogens is 224 g/mol. The summed E-state index contributed by atoms with van der Waals surface area (Å²) in [7, 11) is 0. The number of anilines is 1. The molecule has 6 heteroatoms. The molecule has 0 atom stereocenters. The highest BCUT2D eigenvalue weighted by atomic mass is 16.6. The van der Waals surface area contributed by atoms with E-state index >= 15 is 0 Å². The Bertz CT molecular complexity index is 469. The molecule has 0 bridgehead atoms. The van der Waals surface area contributed by atoms with Crippen molar-refractivity contribution in [2.45, 2.75) is 26.3 Å². The zero-order chi connectivity index (χ0) is 13.2. The van der Waals surface area contributed by atoms with Gasteiger partial charge in [-0.1, -0.05) is 12.1 Å². The van der Waals surface area contributed by atoms with Crippen LogP contribution in [0.4, 0.5) is 11.4 Å². The zero-order valence-corrected chi connectivity index (χ0v) is 9.85. The van der Waals surface area contributed by atoms with Crippen molar-refractivity contribution in [3.63, 3.8) is 0 Å². The lowest BCUT2D eigenvalue weighted by Gasteiger charge is -2.23. The number of carbonyl (C=O) groups is 1. The molecule has 0 saturated heterocycles. The van der Waals surface area contributed by atoms with E-state index < -0.39 is 16.4 Å². The van der Waals surface area contributed by atoms with Crippen molar-refractivity contribution in [3.05, 3.63) is 33.9 Å². The van der Waals surface area contributed by atoms with E-state index in [1.165, 1.54) is 19.9 Å². The molecule has 0 aliphatic heterocycles. The van der Waals surface area contributed by atoms with Gasteiger partial charge < -0.3 is 10.4 Å². The maximum Gasteiger partial charge on any atom is 0.328 e. The molecule has 1 aromatic carbocycles. The van der Waals surface area contributed by atoms with E-state index in [1.807, 2.05) is 0 Å². The van der Waals surface area contributed by atoms with Gasteiger partial charge in [-0.15, -0.1) is 0 Å². The first-order valence-corrected chi connectivity index (χ1v) is 5.01. The first-order valence-electron chi connectivity index (χ1n) is 5.01. The van der Waals surface area contributed by atoms with Crippen LogP contribution in [-0.4, -0.2) is 21.5 Å². The maximum atomic E-state index is 11.0. The Balaban J connectivity index is 3.22. The average Bonchev–Trinajstić information content (AvgIpc) is 2.20. The molecule has 0 heterocycles. The zero-order valence-electron chi connectivity index (χ0n) is 9.85. The van der Waals surface area contributed by atoms with Gasteiger partial charge in [-0.3, -0.25) is 10.1 Å². The van der Waals surface area contributed by atoms with Crippen molar-refractivity contribution < 1.29 is 14.8 Å². The molecule has 0 aliphatic carbocycles. The Morgan fingerprint density at radius 2 is 2.06 bits per heavy atom. The molecule has 0 fully saturated rings. The number of para-hydroxylation sites is 1. The fourth-order valence-electron chi connectivity index (χ4n) is 1.33. The highest BCUT2D eigenvalue weighted by molar-refractivity contribution is 5.83. The van der Waals surface area contributed by atoms with E-state index in [0.29, 0.717) is 5.56 Å². The second-order valence-corrected chi connectivity index (χ2v) is 4.28. The number of nitrogens with zero attached hydrogens (tertiary/aromatic N) is 1. The SMILES string of the molecule is Cc1cccc([N+](=O)[O-])c1NC(C)(C)C(=O)O. The van der Waals surface area contributed by atoms with Gasteiger partial charge in [-0.25, -0.2) is 4.79 Å². The molecule has 1 rings (SSSR count). The number of nitro benzene ring substituents is 1. The third-order valence-corrected chi connectivity index (χ3v) is 2.42. The Hall–Kier alpha value is -2.11. The number of carboxylic acid groups (broad SMARTS) is 1. The minimum absolute atomic E-state index is 0.126. The van der Waals surface area contributed by atoms with Crippen molar-refractivity contribution in [1.29, 1.82) is 0 Å². The highest BCUT2D eigenvalue weighted by Gasteiger charge is 2.30. The van der Waals surface area contributed by atoms with E-state index in [0.717, 1.165) is 0 Å². The van der Waals surface area contributed by atoms with Gasteiger partial charge in [0, 0.05) is 6.07 Å². The topological polar surface area (TPSA) is 92.5 Å². The highest BCUT2D eigenvalue weighted by Crippen LogP contribution is 2.30. The molecule has 2 N–H and O–H groups in total. The number of hydrogen-bond donors (Lipinski definition) is 2. The molecule has 0 saturated carbocycles. The van der Waals surface area contributed by atoms with Gasteiger partial charge >= 0.3 is 5.97 Å². The summed E-state index contributed by atoms with van der Waals surface area (Å²) >= 11 is 0. The first-order chi connectivity index (χ1) is 7.75. The van der Waals surface area contributed by atoms with Gasteiger partial charge in [0.15, 0.2) is 0 Å². The van der Waals surface area contributed by atoms with Crippen LogP contribution >= 0.6 is 0 Å². The lowest BCUT2D eigenvalue weighted by atomic mass is 10.0. The third kappa shape index (κ3) is 2.72. The Labute approximate surface area is 98.4 Å². The predicted molar refractivity (Wildman–Crippen MR) is 63.2 cm³/mol. The fourth-order valence-corrected chi connectivity index (χ4v) is 1.33. The Morgan fingerprint density at radius 1 is 1.47 bits per heavy atom. The summed E-state index contributed by atoms with van der Waals surface area (Å²) in [5.74, 6) is -1.07. The normalized spacial score (nSPS) is 11.0. The minimum atomic E-state index is -1.27. The van der Waals surface area contributed by atoms with Gasteiger partial charge in [0.05, 0.1) is 4.92 Å². The Morgan fingerprint density at radius 3 is 2.53 bits per heavy atom. The van der Waals surface area contributed by atoms with Gasteiger partial charge in [0.2, 0.25) is 0 Å². The van der Waals surface area contributed by atoms with Crippen LogP contribution in [0, 0.1) is 17.0 Å². The monoisotopic (exact) mass is 238 g/mol. The molecule has 0 unspecified atom stereocenters. The largest absolute Gasteiger partial charge is 0.480 e. The minimum Gasteiger partial charge on any atom is -0.480 e. The molecule has 0 aliphatic rings. The van der Waals surface area contributed by atoms with E-state index in [9.17, 15) is 14.9 Å².